The summed E-state index contributed by atoms with van der Waals surface area (Å²) in [6.45, 7) is 1.31. The van der Waals surface area contributed by atoms with Crippen LogP contribution in [0.5, 0.6) is 0 Å². The van der Waals surface area contributed by atoms with Crippen molar-refractivity contribution in [3.05, 3.63) is 33.8 Å². The highest BCUT2D eigenvalue weighted by molar-refractivity contribution is 6.35. The lowest BCUT2D eigenvalue weighted by Crippen LogP contribution is -2.61. The molecule has 4 N–H and O–H groups in total. The highest BCUT2D eigenvalue weighted by atomic mass is 35.5. The first kappa shape index (κ1) is 30.6. The Hall–Kier alpha value is -2.93. The van der Waals surface area contributed by atoms with Crippen LogP contribution in [-0.4, -0.2) is 96.7 Å². The minimum absolute atomic E-state index is 0.139. The summed E-state index contributed by atoms with van der Waals surface area (Å²) in [5.41, 5.74) is -1.43. The van der Waals surface area contributed by atoms with E-state index in [-0.39, 0.29) is 48.6 Å². The van der Waals surface area contributed by atoms with Crippen molar-refractivity contribution in [2.45, 2.75) is 50.2 Å². The SMILES string of the molecule is C[C@@]1(NC(=O)c2cc(Cl)cc(Cl)c2)COCCCCOC[C@@H](C(=O)O)NC(=O)[C@@H]2CCCN2C(=O)CNC1=O. The average Bonchev–Trinajstić information content (AvgIpc) is 3.37. The number of carbonyl (C=O) groups excluding carboxylic acids is 4. The molecular weight excluding hydrogens is 555 g/mol. The highest BCUT2D eigenvalue weighted by Crippen LogP contribution is 2.20. The van der Waals surface area contributed by atoms with Crippen molar-refractivity contribution in [1.82, 2.24) is 20.9 Å². The average molecular weight is 587 g/mol. The standard InChI is InChI=1S/C25H32Cl2N4O8/c1-25(30-21(33)15-9-16(26)11-17(27)10-15)14-39-8-3-2-7-38-13-18(23(35)36)29-22(34)19-5-4-6-31(19)20(32)12-28-24(25)37/h9-11,18-19H,2-8,12-14H2,1H3,(H,28,37)(H,29,34)(H,30,33)(H,35,36)/t18-,19-,25+/m0/s1. The highest BCUT2D eigenvalue weighted by Gasteiger charge is 2.39. The summed E-state index contributed by atoms with van der Waals surface area (Å²) >= 11 is 12.0. The Morgan fingerprint density at radius 1 is 1.08 bits per heavy atom. The Morgan fingerprint density at radius 3 is 2.41 bits per heavy atom. The lowest BCUT2D eigenvalue weighted by molar-refractivity contribution is -0.145. The second-order valence-corrected chi connectivity index (χ2v) is 10.5. The van der Waals surface area contributed by atoms with Crippen LogP contribution in [0.15, 0.2) is 18.2 Å². The molecule has 4 amide bonds. The van der Waals surface area contributed by atoms with Crippen molar-refractivity contribution in [1.29, 1.82) is 0 Å². The third-order valence-corrected chi connectivity index (χ3v) is 6.84. The molecule has 0 saturated carbocycles. The van der Waals surface area contributed by atoms with Crippen LogP contribution in [0.4, 0.5) is 0 Å². The molecule has 0 radical (unpaired) electrons. The lowest BCUT2D eigenvalue weighted by Gasteiger charge is -2.30. The Bertz CT molecular complexity index is 1080. The van der Waals surface area contributed by atoms with Gasteiger partial charge in [0.05, 0.1) is 19.8 Å². The molecule has 0 aromatic heterocycles. The maximum absolute atomic E-state index is 13.3. The van der Waals surface area contributed by atoms with Gasteiger partial charge in [-0.2, -0.15) is 0 Å². The van der Waals surface area contributed by atoms with Gasteiger partial charge >= 0.3 is 5.97 Å². The topological polar surface area (TPSA) is 163 Å². The van der Waals surface area contributed by atoms with Gasteiger partial charge in [-0.3, -0.25) is 19.2 Å². The minimum atomic E-state index is -1.56. The van der Waals surface area contributed by atoms with Crippen molar-refractivity contribution in [2.75, 3.05) is 39.5 Å². The fourth-order valence-electron chi connectivity index (χ4n) is 4.28. The number of nitrogens with zero attached hydrogens (tertiary/aromatic N) is 1. The van der Waals surface area contributed by atoms with Crippen LogP contribution in [0, 0.1) is 0 Å². The number of carboxylic acids is 1. The summed E-state index contributed by atoms with van der Waals surface area (Å²) in [6, 6.07) is 2.14. The fourth-order valence-corrected chi connectivity index (χ4v) is 4.81. The quantitative estimate of drug-likeness (QED) is 0.407. The van der Waals surface area contributed by atoms with Crippen molar-refractivity contribution < 1.29 is 38.6 Å². The number of carboxylic acid groups (broad SMARTS) is 1. The number of fused-ring (bicyclic) bond motifs is 1. The van der Waals surface area contributed by atoms with E-state index in [9.17, 15) is 29.1 Å². The third-order valence-electron chi connectivity index (χ3n) is 6.41. The van der Waals surface area contributed by atoms with Gasteiger partial charge in [0.25, 0.3) is 5.91 Å². The number of benzene rings is 1. The molecule has 12 nitrogen and oxygen atoms in total. The van der Waals surface area contributed by atoms with Gasteiger partial charge in [0, 0.05) is 35.4 Å². The summed E-state index contributed by atoms with van der Waals surface area (Å²) in [5, 5.41) is 17.6. The summed E-state index contributed by atoms with van der Waals surface area (Å²) in [7, 11) is 0. The summed E-state index contributed by atoms with van der Waals surface area (Å²) in [5.74, 6) is -3.67. The van der Waals surface area contributed by atoms with Gasteiger partial charge in [0.1, 0.15) is 11.6 Å². The molecule has 214 valence electrons. The first-order valence-corrected chi connectivity index (χ1v) is 13.3. The fraction of sp³-hybridized carbons (Fsp3) is 0.560. The monoisotopic (exact) mass is 586 g/mol. The Balaban J connectivity index is 1.77. The minimum Gasteiger partial charge on any atom is -0.480 e. The zero-order valence-corrected chi connectivity index (χ0v) is 23.0. The molecule has 2 saturated heterocycles. The molecule has 39 heavy (non-hydrogen) atoms. The Labute approximate surface area is 235 Å². The number of ether oxygens (including phenoxy) is 2. The molecule has 1 aromatic carbocycles. The van der Waals surface area contributed by atoms with Crippen LogP contribution in [0.25, 0.3) is 0 Å². The zero-order chi connectivity index (χ0) is 28.6. The van der Waals surface area contributed by atoms with E-state index in [0.29, 0.717) is 25.7 Å². The van der Waals surface area contributed by atoms with Gasteiger partial charge in [-0.1, -0.05) is 23.2 Å². The van der Waals surface area contributed by atoms with Crippen LogP contribution in [0.3, 0.4) is 0 Å². The van der Waals surface area contributed by atoms with E-state index in [0.717, 1.165) is 0 Å². The van der Waals surface area contributed by atoms with Gasteiger partial charge in [-0.25, -0.2) is 4.79 Å². The predicted molar refractivity (Wildman–Crippen MR) is 141 cm³/mol. The van der Waals surface area contributed by atoms with E-state index in [4.69, 9.17) is 32.7 Å². The smallest absolute Gasteiger partial charge is 0.328 e. The molecule has 2 heterocycles. The van der Waals surface area contributed by atoms with Crippen LogP contribution in [0.1, 0.15) is 43.0 Å². The first-order chi connectivity index (χ1) is 18.5. The van der Waals surface area contributed by atoms with Crippen molar-refractivity contribution >= 4 is 52.8 Å². The largest absolute Gasteiger partial charge is 0.480 e. The van der Waals surface area contributed by atoms with Crippen molar-refractivity contribution in [3.63, 3.8) is 0 Å². The zero-order valence-electron chi connectivity index (χ0n) is 21.5. The van der Waals surface area contributed by atoms with Crippen molar-refractivity contribution in [3.8, 4) is 0 Å². The number of halogens is 2. The van der Waals surface area contributed by atoms with E-state index in [1.807, 2.05) is 0 Å². The number of amides is 4. The second-order valence-electron chi connectivity index (χ2n) is 9.61. The van der Waals surface area contributed by atoms with Gasteiger partial charge in [-0.05, 0) is 50.8 Å². The van der Waals surface area contributed by atoms with E-state index in [1.165, 1.54) is 30.0 Å². The number of hydrogen-bond acceptors (Lipinski definition) is 7. The predicted octanol–water partition coefficient (Wildman–Crippen LogP) is 0.986. The number of rotatable bonds is 3. The van der Waals surface area contributed by atoms with E-state index >= 15 is 0 Å². The molecule has 3 rings (SSSR count). The first-order valence-electron chi connectivity index (χ1n) is 12.6. The molecule has 0 aliphatic carbocycles. The Morgan fingerprint density at radius 2 is 1.74 bits per heavy atom. The van der Waals surface area contributed by atoms with E-state index in [2.05, 4.69) is 16.0 Å². The number of carbonyl (C=O) groups is 5. The Kier molecular flexibility index (Phi) is 10.9. The van der Waals surface area contributed by atoms with Gasteiger partial charge in [0.15, 0.2) is 6.04 Å². The number of nitrogens with one attached hydrogen (secondary N) is 3. The molecule has 0 spiro atoms. The molecule has 0 unspecified atom stereocenters. The number of hydrogen-bond donors (Lipinski definition) is 4. The van der Waals surface area contributed by atoms with Crippen LogP contribution < -0.4 is 16.0 Å². The number of aliphatic carboxylic acids is 1. The molecule has 2 aliphatic heterocycles. The molecule has 1 aromatic rings. The molecule has 3 atom stereocenters. The van der Waals surface area contributed by atoms with Gasteiger partial charge in [-0.15, -0.1) is 0 Å². The lowest BCUT2D eigenvalue weighted by atomic mass is 10.0. The normalized spacial score (nSPS) is 26.0. The maximum atomic E-state index is 13.3. The third kappa shape index (κ3) is 8.53. The summed E-state index contributed by atoms with van der Waals surface area (Å²) in [4.78, 5) is 64.9. The summed E-state index contributed by atoms with van der Waals surface area (Å²) < 4.78 is 11.1. The molecule has 0 bridgehead atoms. The van der Waals surface area contributed by atoms with Gasteiger partial charge < -0.3 is 35.4 Å². The van der Waals surface area contributed by atoms with E-state index < -0.39 is 53.8 Å². The summed E-state index contributed by atoms with van der Waals surface area (Å²) in [6.07, 6.45) is 1.94. The second kappa shape index (κ2) is 13.9. The molecular formula is C25H32Cl2N4O8. The van der Waals surface area contributed by atoms with Gasteiger partial charge in [0.2, 0.25) is 17.7 Å². The van der Waals surface area contributed by atoms with Crippen LogP contribution in [-0.2, 0) is 28.7 Å². The molecule has 2 aliphatic rings. The maximum Gasteiger partial charge on any atom is 0.328 e. The van der Waals surface area contributed by atoms with Crippen molar-refractivity contribution in [2.24, 2.45) is 0 Å². The van der Waals surface area contributed by atoms with E-state index in [1.54, 1.807) is 0 Å². The van der Waals surface area contributed by atoms with Crippen LogP contribution in [0.2, 0.25) is 10.0 Å². The molecule has 14 heteroatoms. The molecule has 2 fully saturated rings. The van der Waals surface area contributed by atoms with Crippen LogP contribution >= 0.6 is 23.2 Å².